The van der Waals surface area contributed by atoms with E-state index in [0.717, 1.165) is 22.4 Å². The Morgan fingerprint density at radius 2 is 2.00 bits per heavy atom. The first-order chi connectivity index (χ1) is 13.1. The lowest BCUT2D eigenvalue weighted by Gasteiger charge is -2.13. The molecule has 0 aliphatic rings. The second-order valence-electron chi connectivity index (χ2n) is 6.70. The van der Waals surface area contributed by atoms with Crippen molar-refractivity contribution < 1.29 is 4.79 Å². The number of amides is 1. The summed E-state index contributed by atoms with van der Waals surface area (Å²) >= 11 is 0. The van der Waals surface area contributed by atoms with E-state index in [9.17, 15) is 10.1 Å². The fourth-order valence-corrected chi connectivity index (χ4v) is 2.90. The molecule has 0 atom stereocenters. The van der Waals surface area contributed by atoms with Crippen molar-refractivity contribution in [2.75, 3.05) is 6.54 Å². The van der Waals surface area contributed by atoms with Gasteiger partial charge in [-0.1, -0.05) is 32.0 Å². The van der Waals surface area contributed by atoms with Gasteiger partial charge in [-0.05, 0) is 47.4 Å². The minimum Gasteiger partial charge on any atom is -0.356 e. The topological polar surface area (TPSA) is 70.7 Å². The van der Waals surface area contributed by atoms with Crippen LogP contribution in [0, 0.1) is 17.2 Å². The molecule has 0 saturated carbocycles. The number of nitriles is 1. The van der Waals surface area contributed by atoms with Gasteiger partial charge in [-0.25, -0.2) is 4.98 Å². The van der Waals surface area contributed by atoms with Crippen molar-refractivity contribution in [3.63, 3.8) is 0 Å². The summed E-state index contributed by atoms with van der Waals surface area (Å²) in [5, 5.41) is 12.2. The van der Waals surface area contributed by atoms with Crippen LogP contribution in [0.4, 0.5) is 0 Å². The number of aromatic nitrogens is 2. The van der Waals surface area contributed by atoms with Gasteiger partial charge in [0.05, 0.1) is 18.0 Å². The molecular formula is C22H22N4O. The molecule has 2 aromatic carbocycles. The van der Waals surface area contributed by atoms with Gasteiger partial charge >= 0.3 is 0 Å². The molecule has 0 saturated heterocycles. The van der Waals surface area contributed by atoms with Crippen molar-refractivity contribution in [1.29, 1.82) is 5.26 Å². The van der Waals surface area contributed by atoms with Gasteiger partial charge in [0.15, 0.2) is 0 Å². The van der Waals surface area contributed by atoms with E-state index >= 15 is 0 Å². The van der Waals surface area contributed by atoms with Gasteiger partial charge in [0.1, 0.15) is 0 Å². The van der Waals surface area contributed by atoms with Crippen molar-refractivity contribution in [3.05, 3.63) is 72.3 Å². The minimum atomic E-state index is -0.0365. The fourth-order valence-electron chi connectivity index (χ4n) is 2.90. The average Bonchev–Trinajstić information content (AvgIpc) is 3.22. The minimum absolute atomic E-state index is 0.0365. The van der Waals surface area contributed by atoms with E-state index in [1.165, 1.54) is 0 Å². The smallest absolute Gasteiger partial charge is 0.222 e. The summed E-state index contributed by atoms with van der Waals surface area (Å²) in [5.41, 5.74) is 4.86. The van der Waals surface area contributed by atoms with E-state index in [-0.39, 0.29) is 11.8 Å². The van der Waals surface area contributed by atoms with Gasteiger partial charge in [-0.2, -0.15) is 5.26 Å². The van der Waals surface area contributed by atoms with Crippen LogP contribution in [0.25, 0.3) is 16.8 Å². The van der Waals surface area contributed by atoms with E-state index in [1.807, 2.05) is 54.9 Å². The summed E-state index contributed by atoms with van der Waals surface area (Å²) in [6, 6.07) is 16.1. The van der Waals surface area contributed by atoms with Crippen LogP contribution in [-0.4, -0.2) is 22.0 Å². The maximum absolute atomic E-state index is 11.8. The maximum Gasteiger partial charge on any atom is 0.222 e. The molecule has 5 heteroatoms. The number of hydrogen-bond donors (Lipinski definition) is 1. The lowest BCUT2D eigenvalue weighted by Crippen LogP contribution is -2.29. The predicted molar refractivity (Wildman–Crippen MR) is 105 cm³/mol. The zero-order valence-corrected chi connectivity index (χ0v) is 15.5. The highest BCUT2D eigenvalue weighted by atomic mass is 16.1. The Hall–Kier alpha value is -3.39. The molecule has 0 aliphatic carbocycles. The van der Waals surface area contributed by atoms with Crippen molar-refractivity contribution >= 4 is 5.91 Å². The number of nitrogens with one attached hydrogen (secondary N) is 1. The lowest BCUT2D eigenvalue weighted by molar-refractivity contribution is -0.123. The first-order valence-electron chi connectivity index (χ1n) is 8.98. The molecule has 3 rings (SSSR count). The number of imidazole rings is 1. The van der Waals surface area contributed by atoms with E-state index in [2.05, 4.69) is 28.5 Å². The molecule has 1 heterocycles. The number of rotatable bonds is 6. The summed E-state index contributed by atoms with van der Waals surface area (Å²) in [6.07, 6.45) is 6.09. The Bertz CT molecular complexity index is 951. The van der Waals surface area contributed by atoms with E-state index in [1.54, 1.807) is 12.5 Å². The number of hydrogen-bond acceptors (Lipinski definition) is 3. The average molecular weight is 358 g/mol. The Labute approximate surface area is 159 Å². The molecule has 0 unspecified atom stereocenters. The molecule has 0 fully saturated rings. The molecule has 0 spiro atoms. The Morgan fingerprint density at radius 3 is 2.63 bits per heavy atom. The monoisotopic (exact) mass is 358 g/mol. The molecule has 0 aliphatic heterocycles. The third-order valence-corrected chi connectivity index (χ3v) is 4.43. The largest absolute Gasteiger partial charge is 0.356 e. The predicted octanol–water partition coefficient (Wildman–Crippen LogP) is 3.73. The fraction of sp³-hybridized carbons (Fsp3) is 0.227. The summed E-state index contributed by atoms with van der Waals surface area (Å²) in [4.78, 5) is 15.9. The number of carbonyl (C=O) groups excluding carboxylic acids is 1. The summed E-state index contributed by atoms with van der Waals surface area (Å²) in [6.45, 7) is 4.30. The van der Waals surface area contributed by atoms with Crippen LogP contribution < -0.4 is 5.32 Å². The standard InChI is InChI=1S/C22H22N4O/c1-16(2)22(27)25-10-9-19-13-17(14-23)3-8-21(19)18-4-6-20(7-5-18)26-12-11-24-15-26/h3-8,11-13,15-16H,9-10H2,1-2H3,(H,25,27). The second kappa shape index (κ2) is 8.33. The molecule has 27 heavy (non-hydrogen) atoms. The van der Waals surface area contributed by atoms with Gasteiger partial charge in [-0.3, -0.25) is 4.79 Å². The first kappa shape index (κ1) is 18.4. The Balaban J connectivity index is 1.84. The van der Waals surface area contributed by atoms with Crippen LogP contribution in [0.3, 0.4) is 0 Å². The number of benzene rings is 2. The van der Waals surface area contributed by atoms with Crippen LogP contribution in [-0.2, 0) is 11.2 Å². The highest BCUT2D eigenvalue weighted by molar-refractivity contribution is 5.78. The molecule has 5 nitrogen and oxygen atoms in total. The summed E-state index contributed by atoms with van der Waals surface area (Å²) in [5.74, 6) is 0.00306. The molecule has 1 amide bonds. The third kappa shape index (κ3) is 4.42. The van der Waals surface area contributed by atoms with Gasteiger partial charge in [0.25, 0.3) is 0 Å². The van der Waals surface area contributed by atoms with E-state index in [0.29, 0.717) is 18.5 Å². The molecule has 1 N–H and O–H groups in total. The van der Waals surface area contributed by atoms with Crippen molar-refractivity contribution in [2.24, 2.45) is 5.92 Å². The lowest BCUT2D eigenvalue weighted by atomic mass is 9.95. The van der Waals surface area contributed by atoms with Crippen LogP contribution in [0.2, 0.25) is 0 Å². The molecule has 0 radical (unpaired) electrons. The zero-order chi connectivity index (χ0) is 19.2. The maximum atomic E-state index is 11.8. The number of nitrogens with zero attached hydrogens (tertiary/aromatic N) is 3. The molecule has 3 aromatic rings. The van der Waals surface area contributed by atoms with E-state index in [4.69, 9.17) is 0 Å². The summed E-state index contributed by atoms with van der Waals surface area (Å²) in [7, 11) is 0. The number of carbonyl (C=O) groups is 1. The highest BCUT2D eigenvalue weighted by Crippen LogP contribution is 2.26. The Kier molecular flexibility index (Phi) is 5.68. The van der Waals surface area contributed by atoms with Gasteiger partial charge < -0.3 is 9.88 Å². The van der Waals surface area contributed by atoms with Crippen LogP contribution in [0.15, 0.2) is 61.2 Å². The zero-order valence-electron chi connectivity index (χ0n) is 15.5. The second-order valence-corrected chi connectivity index (χ2v) is 6.70. The van der Waals surface area contributed by atoms with Crippen molar-refractivity contribution in [3.8, 4) is 22.9 Å². The SMILES string of the molecule is CC(C)C(=O)NCCc1cc(C#N)ccc1-c1ccc(-n2ccnc2)cc1. The molecular weight excluding hydrogens is 336 g/mol. The van der Waals surface area contributed by atoms with Crippen LogP contribution in [0.5, 0.6) is 0 Å². The van der Waals surface area contributed by atoms with Crippen LogP contribution in [0.1, 0.15) is 25.0 Å². The first-order valence-corrected chi connectivity index (χ1v) is 8.98. The van der Waals surface area contributed by atoms with Crippen LogP contribution >= 0.6 is 0 Å². The Morgan fingerprint density at radius 1 is 1.22 bits per heavy atom. The molecule has 0 bridgehead atoms. The van der Waals surface area contributed by atoms with Crippen molar-refractivity contribution in [1.82, 2.24) is 14.9 Å². The van der Waals surface area contributed by atoms with Crippen molar-refractivity contribution in [2.45, 2.75) is 20.3 Å². The molecule has 136 valence electrons. The highest BCUT2D eigenvalue weighted by Gasteiger charge is 2.10. The van der Waals surface area contributed by atoms with Gasteiger partial charge in [0.2, 0.25) is 5.91 Å². The summed E-state index contributed by atoms with van der Waals surface area (Å²) < 4.78 is 1.95. The normalized spacial score (nSPS) is 10.6. The van der Waals surface area contributed by atoms with E-state index < -0.39 is 0 Å². The van der Waals surface area contributed by atoms with Gasteiger partial charge in [0, 0.05) is 30.5 Å². The van der Waals surface area contributed by atoms with Gasteiger partial charge in [-0.15, -0.1) is 0 Å². The third-order valence-electron chi connectivity index (χ3n) is 4.43. The molecule has 1 aromatic heterocycles. The quantitative estimate of drug-likeness (QED) is 0.730.